The molecule has 52 valence electrons. The molecule has 1 heterocycles. The number of nitrogens with zero attached hydrogens (tertiary/aromatic N) is 1. The number of rotatable bonds is 1. The first kappa shape index (κ1) is 7.77. The Hall–Kier alpha value is -0.330. The second-order valence-corrected chi connectivity index (χ2v) is 4.33. The van der Waals surface area contributed by atoms with Crippen LogP contribution in [-0.4, -0.2) is 0 Å². The van der Waals surface area contributed by atoms with Crippen LogP contribution in [0.25, 0.3) is 0 Å². The highest BCUT2D eigenvalue weighted by Crippen LogP contribution is 2.25. The maximum absolute atomic E-state index is 8.54. The molecule has 1 unspecified atom stereocenters. The van der Waals surface area contributed by atoms with Crippen molar-refractivity contribution in [1.29, 1.82) is 5.26 Å². The van der Waals surface area contributed by atoms with Gasteiger partial charge in [0.2, 0.25) is 0 Å². The normalized spacial score (nSPS) is 12.5. The van der Waals surface area contributed by atoms with E-state index < -0.39 is 0 Å². The Morgan fingerprint density at radius 1 is 1.80 bits per heavy atom. The van der Waals surface area contributed by atoms with E-state index in [2.05, 4.69) is 22.0 Å². The van der Waals surface area contributed by atoms with Crippen molar-refractivity contribution >= 4 is 27.3 Å². The van der Waals surface area contributed by atoms with Crippen molar-refractivity contribution in [2.75, 3.05) is 0 Å². The first-order valence-electron chi connectivity index (χ1n) is 2.87. The molecule has 1 atom stereocenters. The van der Waals surface area contributed by atoms with Crippen LogP contribution in [0.4, 0.5) is 0 Å². The van der Waals surface area contributed by atoms with Crippen LogP contribution < -0.4 is 0 Å². The summed E-state index contributed by atoms with van der Waals surface area (Å²) in [7, 11) is 0. The van der Waals surface area contributed by atoms with Crippen molar-refractivity contribution in [2.24, 2.45) is 0 Å². The van der Waals surface area contributed by atoms with Gasteiger partial charge in [-0.1, -0.05) is 0 Å². The molecule has 0 saturated heterocycles. The third-order valence-corrected chi connectivity index (χ3v) is 2.80. The fraction of sp³-hybridized carbons (Fsp3) is 0.286. The van der Waals surface area contributed by atoms with Crippen molar-refractivity contribution in [1.82, 2.24) is 0 Å². The molecule has 0 aliphatic carbocycles. The van der Waals surface area contributed by atoms with Gasteiger partial charge in [-0.05, 0) is 39.9 Å². The molecule has 1 aromatic rings. The molecule has 0 aromatic carbocycles. The van der Waals surface area contributed by atoms with Gasteiger partial charge in [-0.2, -0.15) is 5.26 Å². The van der Waals surface area contributed by atoms with E-state index in [4.69, 9.17) is 5.26 Å². The third-order valence-electron chi connectivity index (χ3n) is 1.28. The highest BCUT2D eigenvalue weighted by Gasteiger charge is 2.04. The fourth-order valence-electron chi connectivity index (χ4n) is 0.625. The molecule has 0 aliphatic heterocycles. The molecular formula is C7H6BrNS. The summed E-state index contributed by atoms with van der Waals surface area (Å²) in [5, 5.41) is 10.5. The van der Waals surface area contributed by atoms with Crippen LogP contribution in [-0.2, 0) is 0 Å². The summed E-state index contributed by atoms with van der Waals surface area (Å²) in [6.07, 6.45) is 0. The summed E-state index contributed by atoms with van der Waals surface area (Å²) in [6.45, 7) is 1.90. The predicted molar refractivity (Wildman–Crippen MR) is 46.0 cm³/mol. The van der Waals surface area contributed by atoms with Crippen LogP contribution >= 0.6 is 27.3 Å². The highest BCUT2D eigenvalue weighted by molar-refractivity contribution is 9.11. The maximum atomic E-state index is 8.54. The third kappa shape index (κ3) is 1.59. The largest absolute Gasteiger partial charge is 0.198 e. The van der Waals surface area contributed by atoms with Gasteiger partial charge in [-0.25, -0.2) is 0 Å². The van der Waals surface area contributed by atoms with E-state index in [9.17, 15) is 0 Å². The van der Waals surface area contributed by atoms with Crippen molar-refractivity contribution < 1.29 is 0 Å². The quantitative estimate of drug-likeness (QED) is 0.707. The van der Waals surface area contributed by atoms with E-state index in [0.29, 0.717) is 0 Å². The van der Waals surface area contributed by atoms with Gasteiger partial charge in [0.15, 0.2) is 0 Å². The van der Waals surface area contributed by atoms with Crippen LogP contribution in [0.2, 0.25) is 0 Å². The van der Waals surface area contributed by atoms with Crippen LogP contribution in [0.1, 0.15) is 18.4 Å². The molecule has 1 aromatic heterocycles. The first-order valence-corrected chi connectivity index (χ1v) is 4.55. The van der Waals surface area contributed by atoms with E-state index in [1.54, 1.807) is 11.3 Å². The number of hydrogen-bond acceptors (Lipinski definition) is 2. The number of halogens is 1. The number of hydrogen-bond donors (Lipinski definition) is 0. The van der Waals surface area contributed by atoms with Gasteiger partial charge in [-0.15, -0.1) is 11.3 Å². The summed E-state index contributed by atoms with van der Waals surface area (Å²) >= 11 is 4.95. The second kappa shape index (κ2) is 3.18. The lowest BCUT2D eigenvalue weighted by Gasteiger charge is -1.93. The van der Waals surface area contributed by atoms with E-state index in [1.807, 2.05) is 18.4 Å². The van der Waals surface area contributed by atoms with Crippen LogP contribution in [0.5, 0.6) is 0 Å². The van der Waals surface area contributed by atoms with Crippen molar-refractivity contribution in [3.63, 3.8) is 0 Å². The van der Waals surface area contributed by atoms with Gasteiger partial charge in [0, 0.05) is 0 Å². The maximum Gasteiger partial charge on any atom is 0.0701 e. The van der Waals surface area contributed by atoms with E-state index in [-0.39, 0.29) is 5.92 Å². The molecular weight excluding hydrogens is 210 g/mol. The minimum atomic E-state index is 0.0162. The van der Waals surface area contributed by atoms with E-state index in [0.717, 1.165) is 9.35 Å². The summed E-state index contributed by atoms with van der Waals surface area (Å²) < 4.78 is 1.09. The summed E-state index contributed by atoms with van der Waals surface area (Å²) in [4.78, 5) is 0. The van der Waals surface area contributed by atoms with Crippen LogP contribution in [0.3, 0.4) is 0 Å². The van der Waals surface area contributed by atoms with Crippen LogP contribution in [0, 0.1) is 11.3 Å². The van der Waals surface area contributed by atoms with E-state index >= 15 is 0 Å². The minimum absolute atomic E-state index is 0.0162. The Bertz CT molecular complexity index is 261. The molecule has 0 aliphatic rings. The van der Waals surface area contributed by atoms with Gasteiger partial charge < -0.3 is 0 Å². The molecule has 0 spiro atoms. The van der Waals surface area contributed by atoms with Gasteiger partial charge in [-0.3, -0.25) is 0 Å². The van der Waals surface area contributed by atoms with Crippen molar-refractivity contribution in [3.05, 3.63) is 20.8 Å². The molecule has 1 rings (SSSR count). The van der Waals surface area contributed by atoms with Crippen LogP contribution in [0.15, 0.2) is 15.2 Å². The average molecular weight is 216 g/mol. The molecule has 0 saturated carbocycles. The topological polar surface area (TPSA) is 23.8 Å². The number of thiophene rings is 1. The summed E-state index contributed by atoms with van der Waals surface area (Å²) in [5.41, 5.74) is 1.10. The van der Waals surface area contributed by atoms with Gasteiger partial charge in [0.25, 0.3) is 0 Å². The lowest BCUT2D eigenvalue weighted by Crippen LogP contribution is -1.83. The molecule has 0 bridgehead atoms. The molecule has 3 heteroatoms. The molecule has 10 heavy (non-hydrogen) atoms. The Labute approximate surface area is 72.4 Å². The molecule has 0 N–H and O–H groups in total. The van der Waals surface area contributed by atoms with E-state index in [1.165, 1.54) is 0 Å². The zero-order valence-corrected chi connectivity index (χ0v) is 7.87. The molecule has 1 nitrogen and oxygen atoms in total. The Kier molecular flexibility index (Phi) is 2.47. The standard InChI is InChI=1S/C7H6BrNS/c1-5(3-9)6-2-7(8)10-4-6/h2,4-5H,1H3. The summed E-state index contributed by atoms with van der Waals surface area (Å²) in [5.74, 6) is 0.0162. The fourth-order valence-corrected chi connectivity index (χ4v) is 1.89. The van der Waals surface area contributed by atoms with Gasteiger partial charge in [0.05, 0.1) is 15.8 Å². The molecule has 0 fully saturated rings. The van der Waals surface area contributed by atoms with Crippen molar-refractivity contribution in [3.8, 4) is 6.07 Å². The lowest BCUT2D eigenvalue weighted by molar-refractivity contribution is 0.989. The first-order chi connectivity index (χ1) is 4.74. The second-order valence-electron chi connectivity index (χ2n) is 2.03. The smallest absolute Gasteiger partial charge is 0.0701 e. The highest BCUT2D eigenvalue weighted by atomic mass is 79.9. The SMILES string of the molecule is CC(C#N)c1csc(Br)c1. The number of nitriles is 1. The van der Waals surface area contributed by atoms with Gasteiger partial charge >= 0.3 is 0 Å². The van der Waals surface area contributed by atoms with Crippen molar-refractivity contribution in [2.45, 2.75) is 12.8 Å². The molecule has 0 radical (unpaired) electrons. The average Bonchev–Trinajstić information content (AvgIpc) is 2.34. The zero-order valence-electron chi connectivity index (χ0n) is 5.47. The summed E-state index contributed by atoms with van der Waals surface area (Å²) in [6, 6.07) is 4.17. The minimum Gasteiger partial charge on any atom is -0.198 e. The lowest BCUT2D eigenvalue weighted by atomic mass is 10.1. The Balaban J connectivity index is 2.87. The molecule has 0 amide bonds. The monoisotopic (exact) mass is 215 g/mol. The predicted octanol–water partition coefficient (Wildman–Crippen LogP) is 3.14. The zero-order chi connectivity index (χ0) is 7.56. The Morgan fingerprint density at radius 2 is 2.50 bits per heavy atom. The van der Waals surface area contributed by atoms with Gasteiger partial charge in [0.1, 0.15) is 0 Å². The Morgan fingerprint density at radius 3 is 2.90 bits per heavy atom.